The summed E-state index contributed by atoms with van der Waals surface area (Å²) in [4.78, 5) is 11.2. The van der Waals surface area contributed by atoms with E-state index in [-0.39, 0.29) is 0 Å². The van der Waals surface area contributed by atoms with Crippen LogP contribution in [0, 0.1) is 10.7 Å². The van der Waals surface area contributed by atoms with Crippen LogP contribution in [-0.4, -0.2) is 33.3 Å². The highest BCUT2D eigenvalue weighted by Gasteiger charge is 2.19. The molecule has 3 rings (SSSR count). The molecule has 2 N–H and O–H groups in total. The van der Waals surface area contributed by atoms with Crippen LogP contribution in [0.5, 0.6) is 0 Å². The van der Waals surface area contributed by atoms with E-state index in [1.165, 1.54) is 12.8 Å². The van der Waals surface area contributed by atoms with Gasteiger partial charge in [0.25, 0.3) is 0 Å². The summed E-state index contributed by atoms with van der Waals surface area (Å²) < 4.78 is 0.464. The average molecular weight is 281 g/mol. The Kier molecular flexibility index (Phi) is 3.17. The summed E-state index contributed by atoms with van der Waals surface area (Å²) in [7, 11) is 0. The van der Waals surface area contributed by atoms with Crippen molar-refractivity contribution in [2.24, 2.45) is 5.92 Å². The second-order valence-corrected chi connectivity index (χ2v) is 5.95. The lowest BCUT2D eigenvalue weighted by molar-refractivity contribution is 0.446. The lowest BCUT2D eigenvalue weighted by Crippen LogP contribution is -2.34. The maximum absolute atomic E-state index is 4.95. The first kappa shape index (κ1) is 11.9. The van der Waals surface area contributed by atoms with Gasteiger partial charge in [-0.15, -0.1) is 11.3 Å². The van der Waals surface area contributed by atoms with Gasteiger partial charge < -0.3 is 4.90 Å². The maximum atomic E-state index is 4.95. The van der Waals surface area contributed by atoms with Crippen molar-refractivity contribution in [2.45, 2.75) is 19.8 Å². The van der Waals surface area contributed by atoms with Gasteiger partial charge in [0.1, 0.15) is 5.69 Å². The highest BCUT2D eigenvalue weighted by atomic mass is 32.1. The van der Waals surface area contributed by atoms with Crippen LogP contribution in [0.2, 0.25) is 0 Å². The number of hydrogen-bond acceptors (Lipinski definition) is 5. The number of piperidine rings is 1. The second-order valence-electron chi connectivity index (χ2n) is 4.72. The summed E-state index contributed by atoms with van der Waals surface area (Å²) >= 11 is 6.62. The zero-order valence-electron chi connectivity index (χ0n) is 10.1. The fraction of sp³-hybridized carbons (Fsp3) is 0.545. The number of rotatable bonds is 2. The molecule has 7 heteroatoms. The first-order valence-electron chi connectivity index (χ1n) is 6.08. The predicted octanol–water partition coefficient (Wildman–Crippen LogP) is 2.83. The van der Waals surface area contributed by atoms with Gasteiger partial charge in [-0.05, 0) is 31.0 Å². The van der Waals surface area contributed by atoms with Gasteiger partial charge in [-0.25, -0.2) is 4.98 Å². The molecule has 96 valence electrons. The number of H-pyrrole nitrogens is 2. The number of aromatic nitrogens is 4. The maximum Gasteiger partial charge on any atom is 0.213 e. The van der Waals surface area contributed by atoms with Crippen LogP contribution in [-0.2, 0) is 0 Å². The average Bonchev–Trinajstić information content (AvgIpc) is 2.97. The van der Waals surface area contributed by atoms with Gasteiger partial charge >= 0.3 is 0 Å². The quantitative estimate of drug-likeness (QED) is 0.831. The Morgan fingerprint density at radius 3 is 3.06 bits per heavy atom. The number of nitrogens with one attached hydrogen (secondary N) is 2. The van der Waals surface area contributed by atoms with E-state index in [0.717, 1.165) is 29.8 Å². The minimum atomic E-state index is 0.464. The molecular formula is C11H15N5S2. The Balaban J connectivity index is 1.83. The number of anilines is 1. The number of aromatic amines is 2. The van der Waals surface area contributed by atoms with Crippen molar-refractivity contribution in [2.75, 3.05) is 18.0 Å². The van der Waals surface area contributed by atoms with Gasteiger partial charge in [-0.2, -0.15) is 4.98 Å². The smallest absolute Gasteiger partial charge is 0.213 e. The summed E-state index contributed by atoms with van der Waals surface area (Å²) in [6.45, 7) is 4.50. The molecule has 0 radical (unpaired) electrons. The highest BCUT2D eigenvalue weighted by molar-refractivity contribution is 7.71. The molecule has 3 heterocycles. The Bertz CT molecular complexity index is 584. The van der Waals surface area contributed by atoms with Crippen LogP contribution in [0.15, 0.2) is 5.38 Å². The molecule has 2 aromatic rings. The van der Waals surface area contributed by atoms with Crippen molar-refractivity contribution in [3.63, 3.8) is 0 Å². The van der Waals surface area contributed by atoms with Crippen LogP contribution < -0.4 is 4.90 Å². The first-order valence-corrected chi connectivity index (χ1v) is 7.36. The molecule has 0 aliphatic carbocycles. The fourth-order valence-corrected chi connectivity index (χ4v) is 3.26. The molecule has 0 bridgehead atoms. The third kappa shape index (κ3) is 2.32. The first-order chi connectivity index (χ1) is 8.72. The highest BCUT2D eigenvalue weighted by Crippen LogP contribution is 2.28. The van der Waals surface area contributed by atoms with Crippen LogP contribution in [0.4, 0.5) is 5.13 Å². The minimum Gasteiger partial charge on any atom is -0.348 e. The van der Waals surface area contributed by atoms with E-state index in [1.54, 1.807) is 11.3 Å². The van der Waals surface area contributed by atoms with Gasteiger partial charge in [0.2, 0.25) is 4.77 Å². The second kappa shape index (κ2) is 4.81. The molecule has 5 nitrogen and oxygen atoms in total. The van der Waals surface area contributed by atoms with Crippen molar-refractivity contribution in [1.82, 2.24) is 20.2 Å². The Morgan fingerprint density at radius 2 is 2.33 bits per heavy atom. The number of thiazole rings is 1. The van der Waals surface area contributed by atoms with Gasteiger partial charge in [0.05, 0.1) is 0 Å². The number of hydrogen-bond donors (Lipinski definition) is 2. The van der Waals surface area contributed by atoms with Gasteiger partial charge in [-0.3, -0.25) is 10.2 Å². The zero-order chi connectivity index (χ0) is 12.5. The Labute approximate surface area is 114 Å². The molecule has 2 aromatic heterocycles. The molecule has 0 aromatic carbocycles. The van der Waals surface area contributed by atoms with E-state index >= 15 is 0 Å². The lowest BCUT2D eigenvalue weighted by Gasteiger charge is -2.30. The van der Waals surface area contributed by atoms with E-state index in [4.69, 9.17) is 12.2 Å². The molecule has 0 amide bonds. The normalized spacial score (nSPS) is 20.3. The van der Waals surface area contributed by atoms with Crippen LogP contribution in [0.25, 0.3) is 11.5 Å². The van der Waals surface area contributed by atoms with Crippen LogP contribution >= 0.6 is 23.6 Å². The van der Waals surface area contributed by atoms with Crippen molar-refractivity contribution in [1.29, 1.82) is 0 Å². The van der Waals surface area contributed by atoms with E-state index < -0.39 is 0 Å². The van der Waals surface area contributed by atoms with Gasteiger partial charge in [-0.1, -0.05) is 6.92 Å². The largest absolute Gasteiger partial charge is 0.348 e. The molecule has 1 saturated heterocycles. The Hall–Kier alpha value is -1.21. The third-order valence-corrected chi connectivity index (χ3v) is 4.26. The third-order valence-electron chi connectivity index (χ3n) is 3.16. The molecular weight excluding hydrogens is 266 g/mol. The summed E-state index contributed by atoms with van der Waals surface area (Å²) in [5.74, 6) is 1.47. The molecule has 1 atom stereocenters. The van der Waals surface area contributed by atoms with Crippen molar-refractivity contribution in [3.05, 3.63) is 10.2 Å². The predicted molar refractivity (Wildman–Crippen MR) is 75.5 cm³/mol. The summed E-state index contributed by atoms with van der Waals surface area (Å²) in [5, 5.41) is 8.83. The summed E-state index contributed by atoms with van der Waals surface area (Å²) in [6, 6.07) is 0. The summed E-state index contributed by atoms with van der Waals surface area (Å²) in [6.07, 6.45) is 2.57. The monoisotopic (exact) mass is 281 g/mol. The molecule has 1 fully saturated rings. The number of nitrogens with zero attached hydrogens (tertiary/aromatic N) is 3. The van der Waals surface area contributed by atoms with E-state index in [1.807, 2.05) is 5.38 Å². The van der Waals surface area contributed by atoms with Crippen molar-refractivity contribution >= 4 is 28.7 Å². The van der Waals surface area contributed by atoms with Crippen LogP contribution in [0.3, 0.4) is 0 Å². The SMILES string of the molecule is CC1CCCN(c2nc(-c3nc(=S)[nH][nH]3)cs2)C1. The molecule has 0 spiro atoms. The van der Waals surface area contributed by atoms with Crippen molar-refractivity contribution in [3.8, 4) is 11.5 Å². The van der Waals surface area contributed by atoms with E-state index in [2.05, 4.69) is 32.0 Å². The van der Waals surface area contributed by atoms with Gasteiger partial charge in [0.15, 0.2) is 11.0 Å². The van der Waals surface area contributed by atoms with E-state index in [0.29, 0.717) is 10.6 Å². The van der Waals surface area contributed by atoms with Crippen LogP contribution in [0.1, 0.15) is 19.8 Å². The van der Waals surface area contributed by atoms with E-state index in [9.17, 15) is 0 Å². The molecule has 18 heavy (non-hydrogen) atoms. The topological polar surface area (TPSA) is 60.6 Å². The standard InChI is InChI=1S/C11H15N5S2/c1-7-3-2-4-16(5-7)11-12-8(6-18-11)9-13-10(17)15-14-9/h6-7H,2-5H2,1H3,(H2,13,14,15,17). The summed E-state index contributed by atoms with van der Waals surface area (Å²) in [5.41, 5.74) is 0.862. The molecule has 0 saturated carbocycles. The zero-order valence-corrected chi connectivity index (χ0v) is 11.8. The molecule has 1 aliphatic heterocycles. The molecule has 1 aliphatic rings. The van der Waals surface area contributed by atoms with Gasteiger partial charge in [0, 0.05) is 18.5 Å². The Morgan fingerprint density at radius 1 is 1.44 bits per heavy atom. The minimum absolute atomic E-state index is 0.464. The molecule has 1 unspecified atom stereocenters. The fourth-order valence-electron chi connectivity index (χ4n) is 2.27. The van der Waals surface area contributed by atoms with Crippen molar-refractivity contribution < 1.29 is 0 Å². The lowest BCUT2D eigenvalue weighted by atomic mass is 10.0.